The van der Waals surface area contributed by atoms with Crippen molar-refractivity contribution < 1.29 is 19.1 Å². The molecule has 0 saturated heterocycles. The molecule has 0 unspecified atom stereocenters. The van der Waals surface area contributed by atoms with Crippen LogP contribution in [0.3, 0.4) is 0 Å². The zero-order valence-corrected chi connectivity index (χ0v) is 21.2. The summed E-state index contributed by atoms with van der Waals surface area (Å²) in [7, 11) is 5.11. The molecule has 3 aromatic rings. The van der Waals surface area contributed by atoms with E-state index in [0.717, 1.165) is 22.5 Å². The summed E-state index contributed by atoms with van der Waals surface area (Å²) in [6.45, 7) is 2.52. The first-order valence-corrected chi connectivity index (χ1v) is 11.9. The lowest BCUT2D eigenvalue weighted by molar-refractivity contribution is -0.133. The van der Waals surface area contributed by atoms with Gasteiger partial charge in [-0.2, -0.15) is 5.10 Å². The third-order valence-electron chi connectivity index (χ3n) is 6.38. The molecule has 1 aliphatic heterocycles. The van der Waals surface area contributed by atoms with Gasteiger partial charge in [-0.3, -0.25) is 9.59 Å². The van der Waals surface area contributed by atoms with E-state index in [1.54, 1.807) is 38.5 Å². The van der Waals surface area contributed by atoms with Crippen molar-refractivity contribution in [3.8, 4) is 5.75 Å². The second-order valence-electron chi connectivity index (χ2n) is 8.87. The summed E-state index contributed by atoms with van der Waals surface area (Å²) in [5, 5.41) is 6.29. The molecule has 2 amide bonds. The Morgan fingerprint density at radius 1 is 1.06 bits per heavy atom. The molecule has 0 saturated carbocycles. The van der Waals surface area contributed by atoms with Crippen molar-refractivity contribution in [2.24, 2.45) is 12.1 Å². The number of rotatable bonds is 9. The highest BCUT2D eigenvalue weighted by Crippen LogP contribution is 2.33. The van der Waals surface area contributed by atoms with Crippen molar-refractivity contribution in [3.63, 3.8) is 0 Å². The van der Waals surface area contributed by atoms with Crippen LogP contribution in [0, 0.1) is 6.92 Å². The van der Waals surface area contributed by atoms with E-state index < -0.39 is 0 Å². The predicted molar refractivity (Wildman–Crippen MR) is 138 cm³/mol. The van der Waals surface area contributed by atoms with E-state index in [9.17, 15) is 9.59 Å². The normalized spacial score (nSPS) is 15.1. The molecule has 4 rings (SSSR count). The summed E-state index contributed by atoms with van der Waals surface area (Å²) in [6, 6.07) is 18.7. The van der Waals surface area contributed by atoms with Crippen molar-refractivity contribution in [1.82, 2.24) is 14.5 Å². The van der Waals surface area contributed by atoms with E-state index in [1.165, 1.54) is 9.91 Å². The van der Waals surface area contributed by atoms with Crippen LogP contribution in [-0.4, -0.2) is 65.9 Å². The summed E-state index contributed by atoms with van der Waals surface area (Å²) in [6.07, 6.45) is 2.56. The zero-order valence-electron chi connectivity index (χ0n) is 21.2. The number of methoxy groups -OCH3 is 2. The van der Waals surface area contributed by atoms with Crippen LogP contribution in [0.2, 0.25) is 0 Å². The van der Waals surface area contributed by atoms with E-state index in [-0.39, 0.29) is 30.9 Å². The van der Waals surface area contributed by atoms with Crippen molar-refractivity contribution in [1.29, 1.82) is 0 Å². The maximum absolute atomic E-state index is 13.7. The van der Waals surface area contributed by atoms with Gasteiger partial charge in [0.25, 0.3) is 11.8 Å². The quantitative estimate of drug-likeness (QED) is 0.459. The molecule has 36 heavy (non-hydrogen) atoms. The molecule has 0 spiro atoms. The first kappa shape index (κ1) is 25.2. The first-order chi connectivity index (χ1) is 17.4. The zero-order chi connectivity index (χ0) is 25.7. The molecule has 0 radical (unpaired) electrons. The van der Waals surface area contributed by atoms with Gasteiger partial charge in [0.15, 0.2) is 0 Å². The fourth-order valence-corrected chi connectivity index (χ4v) is 4.31. The maximum Gasteiger partial charge on any atom is 0.262 e. The Hall–Kier alpha value is -3.91. The van der Waals surface area contributed by atoms with Gasteiger partial charge < -0.3 is 18.9 Å². The van der Waals surface area contributed by atoms with Gasteiger partial charge in [-0.05, 0) is 48.9 Å². The van der Waals surface area contributed by atoms with Gasteiger partial charge in [0.1, 0.15) is 12.3 Å². The molecule has 1 atom stereocenters. The average Bonchev–Trinajstić information content (AvgIpc) is 3.53. The molecule has 8 nitrogen and oxygen atoms in total. The van der Waals surface area contributed by atoms with E-state index in [2.05, 4.69) is 0 Å². The first-order valence-electron chi connectivity index (χ1n) is 11.9. The van der Waals surface area contributed by atoms with Crippen LogP contribution in [0.1, 0.15) is 39.6 Å². The highest BCUT2D eigenvalue weighted by Gasteiger charge is 2.35. The number of amides is 2. The lowest BCUT2D eigenvalue weighted by atomic mass is 9.99. The lowest BCUT2D eigenvalue weighted by Crippen LogP contribution is -2.42. The average molecular weight is 489 g/mol. The number of hydrazone groups is 1. The van der Waals surface area contributed by atoms with Crippen LogP contribution in [-0.2, 0) is 16.6 Å². The molecular weight excluding hydrogens is 456 g/mol. The summed E-state index contributed by atoms with van der Waals surface area (Å²) < 4.78 is 12.4. The Morgan fingerprint density at radius 2 is 1.78 bits per heavy atom. The third kappa shape index (κ3) is 5.49. The molecule has 1 aromatic heterocycles. The number of aryl methyl sites for hydroxylation is 2. The fourth-order valence-electron chi connectivity index (χ4n) is 4.31. The van der Waals surface area contributed by atoms with Gasteiger partial charge in [-0.15, -0.1) is 0 Å². The molecule has 0 aliphatic carbocycles. The number of aromatic nitrogens is 1. The Bertz CT molecular complexity index is 1230. The van der Waals surface area contributed by atoms with Crippen molar-refractivity contribution in [2.45, 2.75) is 19.4 Å². The van der Waals surface area contributed by atoms with E-state index in [0.29, 0.717) is 24.3 Å². The standard InChI is InChI=1S/C28H32N4O4/c1-20-7-9-21(10-8-20)26-18-24(25-6-5-15-30(25)2)29-32(26)27(33)19-31(16-17-35-3)28(34)22-11-13-23(36-4)14-12-22/h5-15,26H,16-19H2,1-4H3/t26-/m1/s1. The van der Waals surface area contributed by atoms with Gasteiger partial charge >= 0.3 is 0 Å². The maximum atomic E-state index is 13.7. The van der Waals surface area contributed by atoms with Crippen LogP contribution in [0.5, 0.6) is 5.75 Å². The van der Waals surface area contributed by atoms with Crippen LogP contribution in [0.4, 0.5) is 0 Å². The Labute approximate surface area is 211 Å². The minimum atomic E-state index is -0.249. The van der Waals surface area contributed by atoms with Gasteiger partial charge in [0.2, 0.25) is 0 Å². The van der Waals surface area contributed by atoms with E-state index in [4.69, 9.17) is 14.6 Å². The third-order valence-corrected chi connectivity index (χ3v) is 6.38. The Balaban J connectivity index is 1.61. The number of carbonyl (C=O) groups is 2. The summed E-state index contributed by atoms with van der Waals surface area (Å²) in [5.74, 6) is 0.162. The monoisotopic (exact) mass is 488 g/mol. The lowest BCUT2D eigenvalue weighted by Gasteiger charge is -2.27. The van der Waals surface area contributed by atoms with Crippen LogP contribution in [0.25, 0.3) is 0 Å². The molecule has 0 fully saturated rings. The number of benzene rings is 2. The van der Waals surface area contributed by atoms with Crippen LogP contribution < -0.4 is 4.74 Å². The van der Waals surface area contributed by atoms with Crippen LogP contribution >= 0.6 is 0 Å². The number of carbonyl (C=O) groups excluding carboxylic acids is 2. The molecule has 2 heterocycles. The largest absolute Gasteiger partial charge is 0.497 e. The van der Waals surface area contributed by atoms with Gasteiger partial charge in [0, 0.05) is 38.9 Å². The number of hydrogen-bond donors (Lipinski definition) is 0. The minimum Gasteiger partial charge on any atom is -0.497 e. The Kier molecular flexibility index (Phi) is 7.85. The van der Waals surface area contributed by atoms with Gasteiger partial charge in [-0.1, -0.05) is 29.8 Å². The SMILES string of the molecule is COCCN(CC(=O)N1N=C(c2cccn2C)C[C@@H]1c1ccc(C)cc1)C(=O)c1ccc(OC)cc1. The highest BCUT2D eigenvalue weighted by molar-refractivity contribution is 6.02. The van der Waals surface area contributed by atoms with Gasteiger partial charge in [-0.25, -0.2) is 5.01 Å². The second kappa shape index (κ2) is 11.2. The molecule has 2 aromatic carbocycles. The topological polar surface area (TPSA) is 76.4 Å². The number of ether oxygens (including phenoxy) is 2. The molecule has 8 heteroatoms. The summed E-state index contributed by atoms with van der Waals surface area (Å²) in [5.41, 5.74) is 4.43. The van der Waals surface area contributed by atoms with Crippen molar-refractivity contribution in [2.75, 3.05) is 33.9 Å². The molecule has 0 N–H and O–H groups in total. The van der Waals surface area contributed by atoms with E-state index >= 15 is 0 Å². The van der Waals surface area contributed by atoms with Crippen LogP contribution in [0.15, 0.2) is 72.0 Å². The Morgan fingerprint density at radius 3 is 2.39 bits per heavy atom. The second-order valence-corrected chi connectivity index (χ2v) is 8.87. The molecular formula is C28H32N4O4. The minimum absolute atomic E-state index is 0.111. The van der Waals surface area contributed by atoms with Crippen molar-refractivity contribution in [3.05, 3.63) is 89.2 Å². The number of nitrogens with zero attached hydrogens (tertiary/aromatic N) is 4. The summed E-state index contributed by atoms with van der Waals surface area (Å²) >= 11 is 0. The van der Waals surface area contributed by atoms with E-state index in [1.807, 2.05) is 61.1 Å². The molecule has 188 valence electrons. The number of hydrogen-bond acceptors (Lipinski definition) is 5. The van der Waals surface area contributed by atoms with Gasteiger partial charge in [0.05, 0.1) is 31.2 Å². The fraction of sp³-hybridized carbons (Fsp3) is 0.321. The smallest absolute Gasteiger partial charge is 0.262 e. The highest BCUT2D eigenvalue weighted by atomic mass is 16.5. The molecule has 1 aliphatic rings. The van der Waals surface area contributed by atoms with Crippen molar-refractivity contribution >= 4 is 17.5 Å². The molecule has 0 bridgehead atoms. The summed E-state index contributed by atoms with van der Waals surface area (Å²) in [4.78, 5) is 28.5. The predicted octanol–water partition coefficient (Wildman–Crippen LogP) is 3.81.